The van der Waals surface area contributed by atoms with Crippen molar-refractivity contribution >= 4 is 17.7 Å². The van der Waals surface area contributed by atoms with Crippen molar-refractivity contribution in [2.24, 2.45) is 5.73 Å². The standard InChI is InChI=1S/C11H22N4O3/c1-7(10(18)15-11(2,3)4)14-9(17)6-13-8(16)5-12/h7H,5-6,12H2,1-4H3,(H,13,16)(H,14,17)(H,15,18). The molecule has 0 heterocycles. The van der Waals surface area contributed by atoms with E-state index in [0.717, 1.165) is 0 Å². The molecule has 0 aromatic rings. The molecule has 7 heteroatoms. The molecule has 0 saturated carbocycles. The zero-order valence-electron chi connectivity index (χ0n) is 11.3. The first-order chi connectivity index (χ1) is 8.15. The fraction of sp³-hybridized carbons (Fsp3) is 0.727. The van der Waals surface area contributed by atoms with Crippen LogP contribution >= 0.6 is 0 Å². The molecular formula is C11H22N4O3. The minimum absolute atomic E-state index is 0.173. The van der Waals surface area contributed by atoms with Gasteiger partial charge in [-0.05, 0) is 27.7 Å². The van der Waals surface area contributed by atoms with Gasteiger partial charge in [-0.3, -0.25) is 14.4 Å². The van der Waals surface area contributed by atoms with Crippen molar-refractivity contribution in [1.82, 2.24) is 16.0 Å². The number of carbonyl (C=O) groups is 3. The predicted molar refractivity (Wildman–Crippen MR) is 67.6 cm³/mol. The van der Waals surface area contributed by atoms with E-state index in [1.165, 1.54) is 0 Å². The maximum Gasteiger partial charge on any atom is 0.242 e. The Hall–Kier alpha value is -1.63. The predicted octanol–water partition coefficient (Wildman–Crippen LogP) is -1.52. The molecule has 18 heavy (non-hydrogen) atoms. The number of carbonyl (C=O) groups excluding carboxylic acids is 3. The lowest BCUT2D eigenvalue weighted by Crippen LogP contribution is -2.52. The Balaban J connectivity index is 4.07. The Labute approximate surface area is 107 Å². The number of nitrogens with two attached hydrogens (primary N) is 1. The first kappa shape index (κ1) is 16.4. The van der Waals surface area contributed by atoms with Gasteiger partial charge in [0.1, 0.15) is 6.04 Å². The van der Waals surface area contributed by atoms with Crippen LogP contribution in [0.5, 0.6) is 0 Å². The van der Waals surface area contributed by atoms with Crippen LogP contribution in [0.2, 0.25) is 0 Å². The topological polar surface area (TPSA) is 113 Å². The molecule has 104 valence electrons. The van der Waals surface area contributed by atoms with E-state index < -0.39 is 17.9 Å². The molecule has 1 atom stereocenters. The van der Waals surface area contributed by atoms with Crippen molar-refractivity contribution in [2.45, 2.75) is 39.3 Å². The SMILES string of the molecule is CC(NC(=O)CNC(=O)CN)C(=O)NC(C)(C)C. The molecule has 7 nitrogen and oxygen atoms in total. The van der Waals surface area contributed by atoms with E-state index in [2.05, 4.69) is 16.0 Å². The Morgan fingerprint density at radius 1 is 1.17 bits per heavy atom. The highest BCUT2D eigenvalue weighted by Crippen LogP contribution is 1.99. The summed E-state index contributed by atoms with van der Waals surface area (Å²) >= 11 is 0. The summed E-state index contributed by atoms with van der Waals surface area (Å²) in [5.74, 6) is -1.13. The van der Waals surface area contributed by atoms with E-state index in [-0.39, 0.29) is 24.5 Å². The second kappa shape index (κ2) is 6.95. The quantitative estimate of drug-likeness (QED) is 0.479. The zero-order valence-corrected chi connectivity index (χ0v) is 11.3. The van der Waals surface area contributed by atoms with Gasteiger partial charge in [0.2, 0.25) is 17.7 Å². The van der Waals surface area contributed by atoms with Gasteiger partial charge in [0.05, 0.1) is 13.1 Å². The molecule has 0 aliphatic rings. The summed E-state index contributed by atoms with van der Waals surface area (Å²) in [5, 5.41) is 7.53. The van der Waals surface area contributed by atoms with Crippen molar-refractivity contribution in [3.05, 3.63) is 0 Å². The van der Waals surface area contributed by atoms with Crippen LogP contribution in [-0.4, -0.2) is 42.4 Å². The summed E-state index contributed by atoms with van der Waals surface area (Å²) in [4.78, 5) is 33.9. The molecule has 3 amide bonds. The van der Waals surface area contributed by atoms with Gasteiger partial charge in [-0.1, -0.05) is 0 Å². The average molecular weight is 258 g/mol. The number of hydrogen-bond donors (Lipinski definition) is 4. The second-order valence-corrected chi connectivity index (χ2v) is 5.01. The van der Waals surface area contributed by atoms with Crippen LogP contribution in [0, 0.1) is 0 Å². The molecule has 0 saturated heterocycles. The number of rotatable bonds is 5. The molecule has 0 rings (SSSR count). The van der Waals surface area contributed by atoms with E-state index >= 15 is 0 Å². The maximum absolute atomic E-state index is 11.7. The van der Waals surface area contributed by atoms with Gasteiger partial charge >= 0.3 is 0 Å². The molecule has 1 unspecified atom stereocenters. The van der Waals surface area contributed by atoms with E-state index in [4.69, 9.17) is 5.73 Å². The van der Waals surface area contributed by atoms with Crippen molar-refractivity contribution in [3.8, 4) is 0 Å². The lowest BCUT2D eigenvalue weighted by molar-refractivity contribution is -0.129. The Bertz CT molecular complexity index is 323. The highest BCUT2D eigenvalue weighted by molar-refractivity contribution is 5.90. The van der Waals surface area contributed by atoms with Crippen LogP contribution in [0.25, 0.3) is 0 Å². The van der Waals surface area contributed by atoms with E-state index in [9.17, 15) is 14.4 Å². The van der Waals surface area contributed by atoms with Crippen LogP contribution < -0.4 is 21.7 Å². The fourth-order valence-corrected chi connectivity index (χ4v) is 1.09. The zero-order chi connectivity index (χ0) is 14.3. The number of amides is 3. The van der Waals surface area contributed by atoms with Gasteiger partial charge in [0.15, 0.2) is 0 Å². The first-order valence-corrected chi connectivity index (χ1v) is 5.74. The first-order valence-electron chi connectivity index (χ1n) is 5.74. The molecule has 0 aliphatic carbocycles. The Morgan fingerprint density at radius 3 is 2.17 bits per heavy atom. The Morgan fingerprint density at radius 2 is 1.72 bits per heavy atom. The van der Waals surface area contributed by atoms with Gasteiger partial charge in [-0.25, -0.2) is 0 Å². The second-order valence-electron chi connectivity index (χ2n) is 5.01. The summed E-state index contributed by atoms with van der Waals surface area (Å²) in [6, 6.07) is -0.661. The lowest BCUT2D eigenvalue weighted by atomic mass is 10.1. The maximum atomic E-state index is 11.7. The van der Waals surface area contributed by atoms with E-state index in [1.807, 2.05) is 20.8 Å². The van der Waals surface area contributed by atoms with E-state index in [0.29, 0.717) is 0 Å². The smallest absolute Gasteiger partial charge is 0.242 e. The van der Waals surface area contributed by atoms with Gasteiger partial charge < -0.3 is 21.7 Å². The minimum atomic E-state index is -0.661. The van der Waals surface area contributed by atoms with Crippen LogP contribution in [0.1, 0.15) is 27.7 Å². The summed E-state index contributed by atoms with van der Waals surface area (Å²) in [6.45, 7) is 6.75. The van der Waals surface area contributed by atoms with Crippen LogP contribution in [-0.2, 0) is 14.4 Å². The minimum Gasteiger partial charge on any atom is -0.350 e. The molecule has 0 aliphatic heterocycles. The van der Waals surface area contributed by atoms with Crippen molar-refractivity contribution in [3.63, 3.8) is 0 Å². The summed E-state index contributed by atoms with van der Waals surface area (Å²) in [6.07, 6.45) is 0. The molecule has 5 N–H and O–H groups in total. The highest BCUT2D eigenvalue weighted by Gasteiger charge is 2.20. The summed E-state index contributed by atoms with van der Waals surface area (Å²) in [7, 11) is 0. The molecule has 0 bridgehead atoms. The van der Waals surface area contributed by atoms with Crippen molar-refractivity contribution in [2.75, 3.05) is 13.1 Å². The third kappa shape index (κ3) is 7.61. The molecule has 0 fully saturated rings. The third-order valence-corrected chi connectivity index (χ3v) is 1.90. The highest BCUT2D eigenvalue weighted by atomic mass is 16.2. The third-order valence-electron chi connectivity index (χ3n) is 1.90. The normalized spacial score (nSPS) is 12.5. The molecular weight excluding hydrogens is 236 g/mol. The number of nitrogens with one attached hydrogen (secondary N) is 3. The van der Waals surface area contributed by atoms with Gasteiger partial charge in [-0.2, -0.15) is 0 Å². The van der Waals surface area contributed by atoms with Gasteiger partial charge in [-0.15, -0.1) is 0 Å². The van der Waals surface area contributed by atoms with Crippen molar-refractivity contribution in [1.29, 1.82) is 0 Å². The number of hydrogen-bond acceptors (Lipinski definition) is 4. The van der Waals surface area contributed by atoms with Crippen LogP contribution in [0.3, 0.4) is 0 Å². The Kier molecular flexibility index (Phi) is 6.32. The summed E-state index contributed by atoms with van der Waals surface area (Å²) in [5.41, 5.74) is 4.71. The average Bonchev–Trinajstić information content (AvgIpc) is 2.23. The summed E-state index contributed by atoms with van der Waals surface area (Å²) < 4.78 is 0. The molecule has 0 radical (unpaired) electrons. The van der Waals surface area contributed by atoms with E-state index in [1.54, 1.807) is 6.92 Å². The largest absolute Gasteiger partial charge is 0.350 e. The molecule has 0 aromatic carbocycles. The van der Waals surface area contributed by atoms with Gasteiger partial charge in [0.25, 0.3) is 0 Å². The van der Waals surface area contributed by atoms with Crippen molar-refractivity contribution < 1.29 is 14.4 Å². The molecule has 0 spiro atoms. The fourth-order valence-electron chi connectivity index (χ4n) is 1.09. The monoisotopic (exact) mass is 258 g/mol. The molecule has 0 aromatic heterocycles. The lowest BCUT2D eigenvalue weighted by Gasteiger charge is -2.23. The van der Waals surface area contributed by atoms with Crippen LogP contribution in [0.15, 0.2) is 0 Å². The van der Waals surface area contributed by atoms with Gasteiger partial charge in [0, 0.05) is 5.54 Å². The van der Waals surface area contributed by atoms with Crippen LogP contribution in [0.4, 0.5) is 0 Å².